The van der Waals surface area contributed by atoms with Gasteiger partial charge in [-0.05, 0) is 39.8 Å². The van der Waals surface area contributed by atoms with Gasteiger partial charge in [0.15, 0.2) is 6.61 Å². The molecule has 0 bridgehead atoms. The third-order valence-corrected chi connectivity index (χ3v) is 3.72. The summed E-state index contributed by atoms with van der Waals surface area (Å²) < 4.78 is 7.12. The Kier molecular flexibility index (Phi) is 4.76. The number of H-pyrrole nitrogens is 1. The number of nitrogens with one attached hydrogen (secondary N) is 1. The third-order valence-electron chi connectivity index (χ3n) is 3.50. The van der Waals surface area contributed by atoms with Crippen LogP contribution in [0.2, 0.25) is 5.02 Å². The van der Waals surface area contributed by atoms with Gasteiger partial charge in [-0.25, -0.2) is 4.79 Å². The van der Waals surface area contributed by atoms with E-state index in [-0.39, 0.29) is 24.1 Å². The number of nitrogens with zero attached hydrogens (tertiary/aromatic N) is 1. The largest absolute Gasteiger partial charge is 0.453 e. The number of hydrogen-bond acceptors (Lipinski definition) is 3. The highest BCUT2D eigenvalue weighted by Crippen LogP contribution is 2.20. The zero-order valence-corrected chi connectivity index (χ0v) is 13.8. The molecule has 0 aromatic carbocycles. The monoisotopic (exact) mass is 322 g/mol. The smallest absolute Gasteiger partial charge is 0.355 e. The number of esters is 1. The number of halogens is 1. The molecule has 22 heavy (non-hydrogen) atoms. The summed E-state index contributed by atoms with van der Waals surface area (Å²) in [5, 5.41) is 0.416. The van der Waals surface area contributed by atoms with Gasteiger partial charge >= 0.3 is 5.97 Å². The van der Waals surface area contributed by atoms with E-state index in [0.29, 0.717) is 10.6 Å². The van der Waals surface area contributed by atoms with Crippen molar-refractivity contribution in [2.75, 3.05) is 6.61 Å². The Morgan fingerprint density at radius 3 is 2.50 bits per heavy atom. The number of hydrogen-bond donors (Lipinski definition) is 1. The SMILES string of the molecule is Cc1cc(C(=O)COC(=O)c2cc(Cl)c[nH]2)c(C)n1C(C)C. The van der Waals surface area contributed by atoms with E-state index in [9.17, 15) is 9.59 Å². The Hall–Kier alpha value is -2.01. The molecule has 0 amide bonds. The van der Waals surface area contributed by atoms with Crippen LogP contribution in [0, 0.1) is 13.8 Å². The first-order chi connectivity index (χ1) is 10.3. The van der Waals surface area contributed by atoms with Crippen molar-refractivity contribution in [3.63, 3.8) is 0 Å². The lowest BCUT2D eigenvalue weighted by Crippen LogP contribution is -2.15. The molecule has 0 aliphatic rings. The van der Waals surface area contributed by atoms with Gasteiger partial charge in [0, 0.05) is 29.2 Å². The van der Waals surface area contributed by atoms with Crippen molar-refractivity contribution in [1.82, 2.24) is 9.55 Å². The van der Waals surface area contributed by atoms with Gasteiger partial charge in [-0.15, -0.1) is 0 Å². The van der Waals surface area contributed by atoms with Crippen LogP contribution in [0.25, 0.3) is 0 Å². The number of Topliss-reactive ketones (excluding diaryl/α,β-unsaturated/α-hetero) is 1. The third kappa shape index (κ3) is 3.25. The van der Waals surface area contributed by atoms with Crippen LogP contribution >= 0.6 is 11.6 Å². The number of aromatic amines is 1. The minimum absolute atomic E-state index is 0.217. The average Bonchev–Trinajstić information content (AvgIpc) is 2.99. The van der Waals surface area contributed by atoms with E-state index >= 15 is 0 Å². The zero-order valence-electron chi connectivity index (χ0n) is 13.1. The predicted octanol–water partition coefficient (Wildman–Crippen LogP) is 3.71. The summed E-state index contributed by atoms with van der Waals surface area (Å²) >= 11 is 5.72. The lowest BCUT2D eigenvalue weighted by atomic mass is 10.1. The van der Waals surface area contributed by atoms with E-state index in [0.717, 1.165) is 11.4 Å². The Morgan fingerprint density at radius 2 is 2.00 bits per heavy atom. The van der Waals surface area contributed by atoms with Crippen LogP contribution in [0.5, 0.6) is 0 Å². The maximum Gasteiger partial charge on any atom is 0.355 e. The molecule has 6 heteroatoms. The number of aromatic nitrogens is 2. The molecular formula is C16H19ClN2O3. The van der Waals surface area contributed by atoms with Gasteiger partial charge in [0.05, 0.1) is 5.02 Å². The van der Waals surface area contributed by atoms with Crippen LogP contribution < -0.4 is 0 Å². The summed E-state index contributed by atoms with van der Waals surface area (Å²) in [5.74, 6) is -0.816. The minimum atomic E-state index is -0.599. The predicted molar refractivity (Wildman–Crippen MR) is 84.7 cm³/mol. The van der Waals surface area contributed by atoms with Crippen molar-refractivity contribution in [3.8, 4) is 0 Å². The minimum Gasteiger partial charge on any atom is -0.453 e. The fourth-order valence-electron chi connectivity index (χ4n) is 2.63. The van der Waals surface area contributed by atoms with Gasteiger partial charge in [0.2, 0.25) is 5.78 Å². The summed E-state index contributed by atoms with van der Waals surface area (Å²) in [7, 11) is 0. The van der Waals surface area contributed by atoms with Gasteiger partial charge in [-0.3, -0.25) is 4.79 Å². The van der Waals surface area contributed by atoms with Crippen LogP contribution in [0.1, 0.15) is 52.1 Å². The first-order valence-electron chi connectivity index (χ1n) is 7.04. The molecule has 5 nitrogen and oxygen atoms in total. The Labute approximate surface area is 134 Å². The highest BCUT2D eigenvalue weighted by atomic mass is 35.5. The molecular weight excluding hydrogens is 304 g/mol. The molecule has 0 fully saturated rings. The molecule has 118 valence electrons. The molecule has 2 aromatic rings. The van der Waals surface area contributed by atoms with Crippen molar-refractivity contribution in [3.05, 3.63) is 46.0 Å². The second-order valence-electron chi connectivity index (χ2n) is 5.48. The quantitative estimate of drug-likeness (QED) is 0.674. The second-order valence-corrected chi connectivity index (χ2v) is 5.92. The van der Waals surface area contributed by atoms with Crippen molar-refractivity contribution < 1.29 is 14.3 Å². The number of ether oxygens (including phenoxy) is 1. The molecule has 0 atom stereocenters. The zero-order chi connectivity index (χ0) is 16.4. The lowest BCUT2D eigenvalue weighted by molar-refractivity contribution is 0.0469. The normalized spacial score (nSPS) is 11.0. The molecule has 0 aliphatic carbocycles. The van der Waals surface area contributed by atoms with E-state index in [2.05, 4.69) is 23.4 Å². The lowest BCUT2D eigenvalue weighted by Gasteiger charge is -2.13. The van der Waals surface area contributed by atoms with Gasteiger partial charge in [0.1, 0.15) is 5.69 Å². The Bertz CT molecular complexity index is 713. The molecule has 2 rings (SSSR count). The highest BCUT2D eigenvalue weighted by molar-refractivity contribution is 6.30. The number of ketones is 1. The molecule has 0 saturated carbocycles. The van der Waals surface area contributed by atoms with E-state index in [1.165, 1.54) is 12.3 Å². The van der Waals surface area contributed by atoms with Crippen molar-refractivity contribution in [2.24, 2.45) is 0 Å². The maximum atomic E-state index is 12.3. The summed E-state index contributed by atoms with van der Waals surface area (Å²) in [5.41, 5.74) is 2.71. The molecule has 2 heterocycles. The van der Waals surface area contributed by atoms with Crippen LogP contribution in [0.3, 0.4) is 0 Å². The summed E-state index contributed by atoms with van der Waals surface area (Å²) in [6.45, 7) is 7.67. The number of aryl methyl sites for hydroxylation is 1. The van der Waals surface area contributed by atoms with E-state index in [4.69, 9.17) is 16.3 Å². The first-order valence-corrected chi connectivity index (χ1v) is 7.41. The molecule has 0 radical (unpaired) electrons. The second kappa shape index (κ2) is 6.40. The van der Waals surface area contributed by atoms with Crippen LogP contribution in [0.4, 0.5) is 0 Å². The Balaban J connectivity index is 2.07. The van der Waals surface area contributed by atoms with Gasteiger partial charge in [-0.1, -0.05) is 11.6 Å². The molecule has 0 unspecified atom stereocenters. The van der Waals surface area contributed by atoms with E-state index in [1.54, 1.807) is 0 Å². The average molecular weight is 323 g/mol. The molecule has 0 saturated heterocycles. The first kappa shape index (κ1) is 16.4. The van der Waals surface area contributed by atoms with Gasteiger partial charge in [-0.2, -0.15) is 0 Å². The molecule has 0 spiro atoms. The van der Waals surface area contributed by atoms with Crippen molar-refractivity contribution in [1.29, 1.82) is 0 Å². The standard InChI is InChI=1S/C16H19ClN2O3/c1-9(2)19-10(3)5-13(11(19)4)15(20)8-22-16(21)14-6-12(17)7-18-14/h5-7,9,18H,8H2,1-4H3. The summed E-state index contributed by atoms with van der Waals surface area (Å²) in [4.78, 5) is 26.7. The topological polar surface area (TPSA) is 64.1 Å². The fourth-order valence-corrected chi connectivity index (χ4v) is 2.79. The molecule has 2 aromatic heterocycles. The van der Waals surface area contributed by atoms with Gasteiger partial charge < -0.3 is 14.3 Å². The van der Waals surface area contributed by atoms with E-state index < -0.39 is 5.97 Å². The van der Waals surface area contributed by atoms with Gasteiger partial charge in [0.25, 0.3) is 0 Å². The number of carbonyl (C=O) groups is 2. The summed E-state index contributed by atoms with van der Waals surface area (Å²) in [6, 6.07) is 3.56. The Morgan fingerprint density at radius 1 is 1.32 bits per heavy atom. The van der Waals surface area contributed by atoms with Crippen LogP contribution in [0.15, 0.2) is 18.3 Å². The fraction of sp³-hybridized carbons (Fsp3) is 0.375. The maximum absolute atomic E-state index is 12.3. The van der Waals surface area contributed by atoms with Crippen molar-refractivity contribution in [2.45, 2.75) is 33.7 Å². The van der Waals surface area contributed by atoms with Crippen LogP contribution in [-0.2, 0) is 4.74 Å². The molecule has 1 N–H and O–H groups in total. The van der Waals surface area contributed by atoms with E-state index in [1.807, 2.05) is 19.9 Å². The molecule has 0 aliphatic heterocycles. The number of carbonyl (C=O) groups excluding carboxylic acids is 2. The van der Waals surface area contributed by atoms with Crippen LogP contribution in [-0.4, -0.2) is 27.9 Å². The number of rotatable bonds is 5. The van der Waals surface area contributed by atoms with Crippen molar-refractivity contribution >= 4 is 23.4 Å². The highest BCUT2D eigenvalue weighted by Gasteiger charge is 2.19. The summed E-state index contributed by atoms with van der Waals surface area (Å²) in [6.07, 6.45) is 1.48.